The van der Waals surface area contributed by atoms with Gasteiger partial charge < -0.3 is 19.7 Å². The lowest BCUT2D eigenvalue weighted by Crippen LogP contribution is -2.33. The van der Waals surface area contributed by atoms with E-state index in [1.807, 2.05) is 6.92 Å². The van der Waals surface area contributed by atoms with Crippen LogP contribution in [0.2, 0.25) is 0 Å². The number of aliphatic hydroxyl groups excluding tert-OH is 2. The van der Waals surface area contributed by atoms with Crippen LogP contribution in [0.1, 0.15) is 58.8 Å². The number of alkyl halides is 2. The molecule has 0 aromatic heterocycles. The van der Waals surface area contributed by atoms with Crippen molar-refractivity contribution in [2.45, 2.75) is 88.9 Å². The maximum absolute atomic E-state index is 15.0. The average Bonchev–Trinajstić information content (AvgIpc) is 3.16. The first-order valence-electron chi connectivity index (χ1n) is 10.5. The Hall–Kier alpha value is -1.47. The molecule has 1 saturated heterocycles. The summed E-state index contributed by atoms with van der Waals surface area (Å²) in [5.41, 5.74) is -1.76. The molecule has 0 aromatic rings. The third-order valence-corrected chi connectivity index (χ3v) is 6.00. The first-order valence-corrected chi connectivity index (χ1v) is 10.5. The van der Waals surface area contributed by atoms with Gasteiger partial charge in [0.2, 0.25) is 0 Å². The molecule has 7 heteroatoms. The summed E-state index contributed by atoms with van der Waals surface area (Å²) in [7, 11) is 1.32. The van der Waals surface area contributed by atoms with Crippen molar-refractivity contribution in [3.8, 4) is 0 Å². The van der Waals surface area contributed by atoms with E-state index >= 15 is 0 Å². The highest BCUT2D eigenvalue weighted by Crippen LogP contribution is 2.47. The maximum Gasteiger partial charge on any atom is 0.305 e. The van der Waals surface area contributed by atoms with Gasteiger partial charge in [0.15, 0.2) is 6.17 Å². The highest BCUT2D eigenvalue weighted by molar-refractivity contribution is 5.69. The molecule has 0 spiro atoms. The van der Waals surface area contributed by atoms with E-state index in [4.69, 9.17) is 4.74 Å². The standard InChI is InChI=1S/C22H34F2O5/c1-4-5-12-22(2,24)18(26)11-10-14-15(25)13-17-20(14)21(23)16(29-17)8-6-7-9-19(27)28-3/h8,10-11,14-15,17-18,20-21,25-26H,4-7,9,12-13H2,1-3H3/b11-10+,16-8-/t14-,15+,17+,18+,20+,21?,22?/m0/s1. The topological polar surface area (TPSA) is 76.0 Å². The Balaban J connectivity index is 1.98. The Morgan fingerprint density at radius 3 is 2.83 bits per heavy atom. The molecule has 1 saturated carbocycles. The number of fused-ring (bicyclic) bond motifs is 1. The Bertz CT molecular complexity index is 604. The number of allylic oxidation sites excluding steroid dienone is 2. The van der Waals surface area contributed by atoms with Crippen molar-refractivity contribution in [3.05, 3.63) is 24.0 Å². The second-order valence-corrected chi connectivity index (χ2v) is 8.30. The van der Waals surface area contributed by atoms with Crippen LogP contribution in [0.15, 0.2) is 24.0 Å². The molecule has 1 aliphatic heterocycles. The molecule has 29 heavy (non-hydrogen) atoms. The molecule has 0 radical (unpaired) electrons. The van der Waals surface area contributed by atoms with Gasteiger partial charge in [-0.1, -0.05) is 31.9 Å². The number of hydrogen-bond donors (Lipinski definition) is 2. The van der Waals surface area contributed by atoms with Gasteiger partial charge in [0, 0.05) is 24.7 Å². The molecule has 2 N–H and O–H groups in total. The molecule has 7 atom stereocenters. The van der Waals surface area contributed by atoms with Crippen molar-refractivity contribution in [3.63, 3.8) is 0 Å². The fourth-order valence-electron chi connectivity index (χ4n) is 4.11. The second kappa shape index (κ2) is 10.5. The highest BCUT2D eigenvalue weighted by atomic mass is 19.1. The van der Waals surface area contributed by atoms with Gasteiger partial charge >= 0.3 is 5.97 Å². The molecule has 2 aliphatic rings. The van der Waals surface area contributed by atoms with E-state index < -0.39 is 42.0 Å². The number of halogens is 2. The van der Waals surface area contributed by atoms with E-state index in [2.05, 4.69) is 4.74 Å². The highest BCUT2D eigenvalue weighted by Gasteiger charge is 2.53. The zero-order valence-electron chi connectivity index (χ0n) is 17.5. The molecule has 1 aliphatic carbocycles. The van der Waals surface area contributed by atoms with Gasteiger partial charge in [-0.15, -0.1) is 0 Å². The van der Waals surface area contributed by atoms with Crippen LogP contribution >= 0.6 is 0 Å². The van der Waals surface area contributed by atoms with E-state index in [9.17, 15) is 23.8 Å². The smallest absolute Gasteiger partial charge is 0.305 e. The number of carbonyl (C=O) groups excluding carboxylic acids is 1. The van der Waals surface area contributed by atoms with Gasteiger partial charge in [-0.05, 0) is 32.3 Å². The van der Waals surface area contributed by atoms with Gasteiger partial charge in [-0.2, -0.15) is 0 Å². The van der Waals surface area contributed by atoms with Crippen molar-refractivity contribution < 1.29 is 33.3 Å². The SMILES string of the molecule is CCCCC(C)(F)[C@H](O)/C=C/[C@@H]1[C@H]2C(F)/C(=C/CCCC(=O)OC)O[C@@H]2C[C@H]1O. The van der Waals surface area contributed by atoms with Gasteiger partial charge in [-0.3, -0.25) is 4.79 Å². The normalized spacial score (nSPS) is 33.5. The summed E-state index contributed by atoms with van der Waals surface area (Å²) < 4.78 is 39.8. The van der Waals surface area contributed by atoms with Crippen molar-refractivity contribution in [1.29, 1.82) is 0 Å². The molecule has 2 rings (SSSR count). The Labute approximate surface area is 171 Å². The number of unbranched alkanes of at least 4 members (excludes halogenated alkanes) is 2. The van der Waals surface area contributed by atoms with Gasteiger partial charge in [-0.25, -0.2) is 8.78 Å². The van der Waals surface area contributed by atoms with Gasteiger partial charge in [0.25, 0.3) is 0 Å². The lowest BCUT2D eigenvalue weighted by molar-refractivity contribution is -0.140. The lowest BCUT2D eigenvalue weighted by Gasteiger charge is -2.25. The average molecular weight is 417 g/mol. The molecule has 166 valence electrons. The first-order chi connectivity index (χ1) is 13.7. The Kier molecular flexibility index (Phi) is 8.64. The number of carbonyl (C=O) groups is 1. The number of ether oxygens (including phenoxy) is 2. The second-order valence-electron chi connectivity index (χ2n) is 8.30. The van der Waals surface area contributed by atoms with Crippen molar-refractivity contribution in [2.24, 2.45) is 11.8 Å². The van der Waals surface area contributed by atoms with Crippen LogP contribution in [0.25, 0.3) is 0 Å². The largest absolute Gasteiger partial charge is 0.491 e. The quantitative estimate of drug-likeness (QED) is 0.322. The van der Waals surface area contributed by atoms with E-state index in [-0.39, 0.29) is 24.6 Å². The third-order valence-electron chi connectivity index (χ3n) is 6.00. The zero-order chi connectivity index (χ0) is 21.6. The summed E-state index contributed by atoms with van der Waals surface area (Å²) in [6.45, 7) is 3.31. The van der Waals surface area contributed by atoms with Crippen LogP contribution in [0.4, 0.5) is 8.78 Å². The molecular weight excluding hydrogens is 382 g/mol. The lowest BCUT2D eigenvalue weighted by atomic mass is 9.87. The van der Waals surface area contributed by atoms with Crippen LogP contribution in [0.5, 0.6) is 0 Å². The minimum Gasteiger partial charge on any atom is -0.491 e. The molecular formula is C22H34F2O5. The van der Waals surface area contributed by atoms with E-state index in [1.165, 1.54) is 20.1 Å². The monoisotopic (exact) mass is 416 g/mol. The van der Waals surface area contributed by atoms with Crippen LogP contribution in [0.3, 0.4) is 0 Å². The summed E-state index contributed by atoms with van der Waals surface area (Å²) in [5.74, 6) is -1.20. The zero-order valence-corrected chi connectivity index (χ0v) is 17.5. The van der Waals surface area contributed by atoms with Crippen LogP contribution in [-0.2, 0) is 14.3 Å². The number of hydrogen-bond acceptors (Lipinski definition) is 5. The summed E-state index contributed by atoms with van der Waals surface area (Å²) >= 11 is 0. The fourth-order valence-corrected chi connectivity index (χ4v) is 4.11. The molecule has 5 nitrogen and oxygen atoms in total. The molecule has 0 bridgehead atoms. The van der Waals surface area contributed by atoms with Crippen LogP contribution in [-0.4, -0.2) is 53.4 Å². The van der Waals surface area contributed by atoms with E-state index in [0.29, 0.717) is 25.7 Å². The van der Waals surface area contributed by atoms with Crippen LogP contribution < -0.4 is 0 Å². The van der Waals surface area contributed by atoms with Crippen molar-refractivity contribution in [2.75, 3.05) is 7.11 Å². The molecule has 0 amide bonds. The predicted octanol–water partition coefficient (Wildman–Crippen LogP) is 3.78. The third kappa shape index (κ3) is 6.01. The van der Waals surface area contributed by atoms with Crippen molar-refractivity contribution >= 4 is 5.97 Å². The van der Waals surface area contributed by atoms with Gasteiger partial charge in [0.1, 0.15) is 23.6 Å². The predicted molar refractivity (Wildman–Crippen MR) is 106 cm³/mol. The summed E-state index contributed by atoms with van der Waals surface area (Å²) in [6.07, 6.45) is 3.91. The van der Waals surface area contributed by atoms with E-state index in [1.54, 1.807) is 12.2 Å². The molecule has 2 unspecified atom stereocenters. The first kappa shape index (κ1) is 23.8. The minimum absolute atomic E-state index is 0.231. The Morgan fingerprint density at radius 1 is 1.45 bits per heavy atom. The Morgan fingerprint density at radius 2 is 2.17 bits per heavy atom. The fraction of sp³-hybridized carbons (Fsp3) is 0.773. The maximum atomic E-state index is 15.0. The van der Waals surface area contributed by atoms with Gasteiger partial charge in [0.05, 0.1) is 13.2 Å². The number of aliphatic hydroxyl groups is 2. The molecule has 1 heterocycles. The summed E-state index contributed by atoms with van der Waals surface area (Å²) in [4.78, 5) is 11.1. The van der Waals surface area contributed by atoms with E-state index in [0.717, 1.165) is 6.42 Å². The number of methoxy groups -OCH3 is 1. The van der Waals surface area contributed by atoms with Crippen molar-refractivity contribution in [1.82, 2.24) is 0 Å². The summed E-state index contributed by atoms with van der Waals surface area (Å²) in [5, 5.41) is 20.5. The van der Waals surface area contributed by atoms with Crippen LogP contribution in [0, 0.1) is 11.8 Å². The minimum atomic E-state index is -1.76. The number of rotatable bonds is 10. The summed E-state index contributed by atoms with van der Waals surface area (Å²) in [6, 6.07) is 0. The molecule has 2 fully saturated rings. The molecule has 0 aromatic carbocycles. The number of esters is 1.